The summed E-state index contributed by atoms with van der Waals surface area (Å²) in [5, 5.41) is 4.65. The quantitative estimate of drug-likeness (QED) is 0.931. The third kappa shape index (κ3) is 2.29. The lowest BCUT2D eigenvalue weighted by molar-refractivity contribution is 0.622. The lowest BCUT2D eigenvalue weighted by Crippen LogP contribution is -2.00. The van der Waals surface area contributed by atoms with E-state index in [1.54, 1.807) is 4.68 Å². The molecular weight excluding hydrogens is 302 g/mol. The first kappa shape index (κ1) is 12.7. The zero-order chi connectivity index (χ0) is 13.6. The zero-order valence-corrected chi connectivity index (χ0v) is 12.8. The van der Waals surface area contributed by atoms with E-state index in [0.29, 0.717) is 5.92 Å². The van der Waals surface area contributed by atoms with Gasteiger partial charge < -0.3 is 5.73 Å². The van der Waals surface area contributed by atoms with Gasteiger partial charge >= 0.3 is 0 Å². The second-order valence-electron chi connectivity index (χ2n) is 5.40. The van der Waals surface area contributed by atoms with Crippen molar-refractivity contribution in [1.29, 1.82) is 0 Å². The number of anilines is 1. The van der Waals surface area contributed by atoms with Crippen molar-refractivity contribution in [3.8, 4) is 11.1 Å². The summed E-state index contributed by atoms with van der Waals surface area (Å²) in [6, 6.07) is 8.29. The van der Waals surface area contributed by atoms with Gasteiger partial charge in [0, 0.05) is 23.0 Å². The molecule has 3 nitrogen and oxygen atoms in total. The fraction of sp³-hybridized carbons (Fsp3) is 0.400. The van der Waals surface area contributed by atoms with Crippen molar-refractivity contribution in [3.05, 3.63) is 34.4 Å². The van der Waals surface area contributed by atoms with Crippen molar-refractivity contribution < 1.29 is 0 Å². The molecule has 2 aromatic rings. The monoisotopic (exact) mass is 319 g/mol. The van der Waals surface area contributed by atoms with Gasteiger partial charge in [-0.15, -0.1) is 0 Å². The Labute approximate surface area is 121 Å². The topological polar surface area (TPSA) is 43.8 Å². The van der Waals surface area contributed by atoms with Gasteiger partial charge in [-0.25, -0.2) is 0 Å². The molecule has 19 heavy (non-hydrogen) atoms. The van der Waals surface area contributed by atoms with Gasteiger partial charge in [-0.1, -0.05) is 35.0 Å². The van der Waals surface area contributed by atoms with Gasteiger partial charge in [0.05, 0.1) is 5.69 Å². The number of benzene rings is 1. The molecule has 1 atom stereocenters. The second-order valence-corrected chi connectivity index (χ2v) is 6.32. The maximum Gasteiger partial charge on any atom is 0.129 e. The maximum atomic E-state index is 6.22. The smallest absolute Gasteiger partial charge is 0.129 e. The van der Waals surface area contributed by atoms with E-state index in [1.807, 2.05) is 19.2 Å². The van der Waals surface area contributed by atoms with Crippen molar-refractivity contribution in [3.63, 3.8) is 0 Å². The van der Waals surface area contributed by atoms with E-state index in [4.69, 9.17) is 5.73 Å². The molecule has 1 aromatic heterocycles. The highest BCUT2D eigenvalue weighted by Crippen LogP contribution is 2.45. The number of halogens is 1. The SMILES string of the molecule is CC(c1nn(C)c(N)c1-c1ccc(Br)cc1)C1CC1. The highest BCUT2D eigenvalue weighted by Gasteiger charge is 2.33. The lowest BCUT2D eigenvalue weighted by Gasteiger charge is -2.10. The van der Waals surface area contributed by atoms with E-state index in [9.17, 15) is 0 Å². The summed E-state index contributed by atoms with van der Waals surface area (Å²) in [6.07, 6.45) is 2.63. The highest BCUT2D eigenvalue weighted by molar-refractivity contribution is 9.10. The Balaban J connectivity index is 2.10. The number of hydrogen-bond acceptors (Lipinski definition) is 2. The normalized spacial score (nSPS) is 16.6. The van der Waals surface area contributed by atoms with Crippen molar-refractivity contribution in [2.24, 2.45) is 13.0 Å². The Hall–Kier alpha value is -1.29. The number of aryl methyl sites for hydroxylation is 1. The molecule has 4 heteroatoms. The molecule has 100 valence electrons. The standard InChI is InChI=1S/C15H18BrN3/c1-9(10-3-4-10)14-13(15(17)19(2)18-14)11-5-7-12(16)8-6-11/h5-10H,3-4,17H2,1-2H3. The Morgan fingerprint density at radius 3 is 2.53 bits per heavy atom. The minimum Gasteiger partial charge on any atom is -0.383 e. The van der Waals surface area contributed by atoms with Gasteiger partial charge in [0.2, 0.25) is 0 Å². The molecule has 1 aliphatic carbocycles. The number of hydrogen-bond donors (Lipinski definition) is 1. The summed E-state index contributed by atoms with van der Waals surface area (Å²) in [4.78, 5) is 0. The molecule has 1 unspecified atom stereocenters. The van der Waals surface area contributed by atoms with E-state index in [2.05, 4.69) is 40.1 Å². The number of rotatable bonds is 3. The van der Waals surface area contributed by atoms with Crippen LogP contribution in [0.3, 0.4) is 0 Å². The molecule has 1 aliphatic rings. The number of nitrogens with zero attached hydrogens (tertiary/aromatic N) is 2. The number of aromatic nitrogens is 2. The van der Waals surface area contributed by atoms with Crippen LogP contribution in [0.15, 0.2) is 28.7 Å². The average molecular weight is 320 g/mol. The molecule has 0 bridgehead atoms. The van der Waals surface area contributed by atoms with Gasteiger partial charge in [0.15, 0.2) is 0 Å². The minimum absolute atomic E-state index is 0.488. The zero-order valence-electron chi connectivity index (χ0n) is 11.2. The molecule has 3 rings (SSSR count). The second kappa shape index (κ2) is 4.67. The van der Waals surface area contributed by atoms with Crippen LogP contribution in [-0.4, -0.2) is 9.78 Å². The van der Waals surface area contributed by atoms with Gasteiger partial charge in [-0.3, -0.25) is 4.68 Å². The van der Waals surface area contributed by atoms with E-state index >= 15 is 0 Å². The van der Waals surface area contributed by atoms with Gasteiger partial charge in [0.1, 0.15) is 5.82 Å². The molecule has 0 saturated heterocycles. The van der Waals surface area contributed by atoms with Crippen LogP contribution in [0.4, 0.5) is 5.82 Å². The van der Waals surface area contributed by atoms with Crippen molar-refractivity contribution >= 4 is 21.7 Å². The predicted molar refractivity (Wildman–Crippen MR) is 81.9 cm³/mol. The molecule has 0 radical (unpaired) electrons. The Morgan fingerprint density at radius 2 is 1.95 bits per heavy atom. The van der Waals surface area contributed by atoms with Crippen molar-refractivity contribution in [1.82, 2.24) is 9.78 Å². The van der Waals surface area contributed by atoms with E-state index < -0.39 is 0 Å². The van der Waals surface area contributed by atoms with Crippen LogP contribution in [0.25, 0.3) is 11.1 Å². The maximum absolute atomic E-state index is 6.22. The molecule has 2 N–H and O–H groups in total. The summed E-state index contributed by atoms with van der Waals surface area (Å²) < 4.78 is 2.88. The lowest BCUT2D eigenvalue weighted by atomic mass is 9.95. The van der Waals surface area contributed by atoms with Crippen LogP contribution in [0.5, 0.6) is 0 Å². The first-order chi connectivity index (χ1) is 9.08. The molecule has 1 saturated carbocycles. The molecule has 0 aliphatic heterocycles. The van der Waals surface area contributed by atoms with Crippen LogP contribution in [-0.2, 0) is 7.05 Å². The van der Waals surface area contributed by atoms with E-state index in [0.717, 1.165) is 33.0 Å². The third-order valence-electron chi connectivity index (χ3n) is 4.01. The average Bonchev–Trinajstić information content (AvgIpc) is 3.19. The predicted octanol–water partition coefficient (Wildman–Crippen LogP) is 3.95. The van der Waals surface area contributed by atoms with Crippen molar-refractivity contribution in [2.75, 3.05) is 5.73 Å². The summed E-state index contributed by atoms with van der Waals surface area (Å²) >= 11 is 3.47. The van der Waals surface area contributed by atoms with Gasteiger partial charge in [-0.2, -0.15) is 5.10 Å². The Bertz CT molecular complexity index is 597. The van der Waals surface area contributed by atoms with Crippen LogP contribution >= 0.6 is 15.9 Å². The summed E-state index contributed by atoms with van der Waals surface area (Å²) in [5.41, 5.74) is 9.62. The summed E-state index contributed by atoms with van der Waals surface area (Å²) in [6.45, 7) is 2.27. The van der Waals surface area contributed by atoms with E-state index in [-0.39, 0.29) is 0 Å². The molecule has 0 spiro atoms. The van der Waals surface area contributed by atoms with Crippen LogP contribution in [0.1, 0.15) is 31.4 Å². The molecule has 1 heterocycles. The molecular formula is C15H18BrN3. The Kier molecular flexibility index (Phi) is 3.13. The third-order valence-corrected chi connectivity index (χ3v) is 4.54. The fourth-order valence-electron chi connectivity index (χ4n) is 2.61. The first-order valence-electron chi connectivity index (χ1n) is 6.66. The summed E-state index contributed by atoms with van der Waals surface area (Å²) in [7, 11) is 1.92. The molecule has 0 amide bonds. The molecule has 1 fully saturated rings. The fourth-order valence-corrected chi connectivity index (χ4v) is 2.87. The van der Waals surface area contributed by atoms with Gasteiger partial charge in [0.25, 0.3) is 0 Å². The first-order valence-corrected chi connectivity index (χ1v) is 7.45. The van der Waals surface area contributed by atoms with Crippen molar-refractivity contribution in [2.45, 2.75) is 25.7 Å². The highest BCUT2D eigenvalue weighted by atomic mass is 79.9. The largest absolute Gasteiger partial charge is 0.383 e. The molecule has 1 aromatic carbocycles. The minimum atomic E-state index is 0.488. The summed E-state index contributed by atoms with van der Waals surface area (Å²) in [5.74, 6) is 2.02. The van der Waals surface area contributed by atoms with Crippen LogP contribution in [0.2, 0.25) is 0 Å². The number of nitrogen functional groups attached to an aromatic ring is 1. The van der Waals surface area contributed by atoms with E-state index in [1.165, 1.54) is 12.8 Å². The Morgan fingerprint density at radius 1 is 1.32 bits per heavy atom. The number of nitrogens with two attached hydrogens (primary N) is 1. The van der Waals surface area contributed by atoms with Gasteiger partial charge in [-0.05, 0) is 36.5 Å². The van der Waals surface area contributed by atoms with Crippen LogP contribution in [0, 0.1) is 5.92 Å². The van der Waals surface area contributed by atoms with Crippen LogP contribution < -0.4 is 5.73 Å².